The molecule has 3 rings (SSSR count). The number of rotatable bonds is 6. The Hall–Kier alpha value is -2.21. The molecule has 23 heavy (non-hydrogen) atoms. The molecule has 1 amide bonds. The largest absolute Gasteiger partial charge is 0.349 e. The molecular weight excluding hydrogens is 312 g/mol. The van der Waals surface area contributed by atoms with Crippen LogP contribution in [0.15, 0.2) is 34.4 Å². The number of hydrogen-bond acceptors (Lipinski definition) is 4. The second-order valence-corrected chi connectivity index (χ2v) is 6.89. The minimum Gasteiger partial charge on any atom is -0.349 e. The van der Waals surface area contributed by atoms with Crippen LogP contribution in [0.25, 0.3) is 0 Å². The van der Waals surface area contributed by atoms with Gasteiger partial charge in [-0.15, -0.1) is 11.3 Å². The van der Waals surface area contributed by atoms with Crippen LogP contribution in [0.4, 0.5) is 0 Å². The van der Waals surface area contributed by atoms with E-state index in [2.05, 4.69) is 10.3 Å². The Bertz CT molecular complexity index is 775. The van der Waals surface area contributed by atoms with Gasteiger partial charge in [0.2, 0.25) is 5.56 Å². The molecule has 2 N–H and O–H groups in total. The molecule has 2 heterocycles. The van der Waals surface area contributed by atoms with Crippen LogP contribution in [0.5, 0.6) is 0 Å². The number of H-pyrrole nitrogens is 1. The minimum atomic E-state index is -0.315. The van der Waals surface area contributed by atoms with Gasteiger partial charge in [-0.3, -0.25) is 14.4 Å². The number of aromatic amines is 1. The van der Waals surface area contributed by atoms with Crippen LogP contribution < -0.4 is 10.9 Å². The highest BCUT2D eigenvalue weighted by Crippen LogP contribution is 2.38. The van der Waals surface area contributed by atoms with Gasteiger partial charge in [0.15, 0.2) is 5.78 Å². The first kappa shape index (κ1) is 15.7. The van der Waals surface area contributed by atoms with Crippen molar-refractivity contribution in [1.82, 2.24) is 10.3 Å². The summed E-state index contributed by atoms with van der Waals surface area (Å²) in [4.78, 5) is 39.5. The SMILES string of the molecule is CC(CC(=O)c1cccs1)NC(=O)c1cc(C2CC2)[nH]c(=O)c1. The molecule has 6 heteroatoms. The van der Waals surface area contributed by atoms with Gasteiger partial charge in [0, 0.05) is 29.8 Å². The average molecular weight is 330 g/mol. The number of nitrogens with one attached hydrogen (secondary N) is 2. The van der Waals surface area contributed by atoms with Gasteiger partial charge in [-0.25, -0.2) is 0 Å². The highest BCUT2D eigenvalue weighted by Gasteiger charge is 2.25. The zero-order chi connectivity index (χ0) is 16.4. The Kier molecular flexibility index (Phi) is 4.43. The summed E-state index contributed by atoms with van der Waals surface area (Å²) in [5.41, 5.74) is 0.915. The first-order chi connectivity index (χ1) is 11.0. The van der Waals surface area contributed by atoms with E-state index in [9.17, 15) is 14.4 Å². The molecule has 1 fully saturated rings. The summed E-state index contributed by atoms with van der Waals surface area (Å²) in [6.07, 6.45) is 2.34. The number of amides is 1. The molecule has 1 atom stereocenters. The average Bonchev–Trinajstić information content (AvgIpc) is 3.20. The van der Waals surface area contributed by atoms with E-state index in [1.54, 1.807) is 19.1 Å². The lowest BCUT2D eigenvalue weighted by Gasteiger charge is -2.13. The quantitative estimate of drug-likeness (QED) is 0.799. The molecule has 1 aliphatic carbocycles. The zero-order valence-electron chi connectivity index (χ0n) is 12.8. The third-order valence-corrected chi connectivity index (χ3v) is 4.72. The van der Waals surface area contributed by atoms with Gasteiger partial charge in [0.1, 0.15) is 0 Å². The fourth-order valence-electron chi connectivity index (χ4n) is 2.48. The third-order valence-electron chi connectivity index (χ3n) is 3.81. The number of Topliss-reactive ketones (excluding diaryl/α,β-unsaturated/α-hetero) is 1. The van der Waals surface area contributed by atoms with Crippen molar-refractivity contribution in [2.75, 3.05) is 0 Å². The number of thiophene rings is 1. The zero-order valence-corrected chi connectivity index (χ0v) is 13.6. The van der Waals surface area contributed by atoms with Gasteiger partial charge in [-0.2, -0.15) is 0 Å². The Labute approximate surface area is 137 Å². The molecule has 1 saturated carbocycles. The summed E-state index contributed by atoms with van der Waals surface area (Å²) >= 11 is 1.39. The Morgan fingerprint density at radius 3 is 2.83 bits per heavy atom. The van der Waals surface area contributed by atoms with Crippen LogP contribution in [0.2, 0.25) is 0 Å². The number of carbonyl (C=O) groups excluding carboxylic acids is 2. The van der Waals surface area contributed by atoms with Crippen molar-refractivity contribution in [3.8, 4) is 0 Å². The number of pyridine rings is 1. The highest BCUT2D eigenvalue weighted by molar-refractivity contribution is 7.12. The first-order valence-corrected chi connectivity index (χ1v) is 8.52. The van der Waals surface area contributed by atoms with Crippen LogP contribution >= 0.6 is 11.3 Å². The number of carbonyl (C=O) groups is 2. The maximum Gasteiger partial charge on any atom is 0.251 e. The lowest BCUT2D eigenvalue weighted by molar-refractivity contribution is 0.0919. The van der Waals surface area contributed by atoms with Crippen LogP contribution in [0, 0.1) is 0 Å². The molecule has 0 aromatic carbocycles. The van der Waals surface area contributed by atoms with Crippen molar-refractivity contribution in [3.05, 3.63) is 56.1 Å². The molecule has 0 spiro atoms. The van der Waals surface area contributed by atoms with Crippen LogP contribution in [-0.4, -0.2) is 22.7 Å². The number of hydrogen-bond donors (Lipinski definition) is 2. The first-order valence-electron chi connectivity index (χ1n) is 7.65. The van der Waals surface area contributed by atoms with Crippen molar-refractivity contribution in [2.45, 2.75) is 38.1 Å². The predicted octanol–water partition coefficient (Wildman–Crippen LogP) is 2.71. The van der Waals surface area contributed by atoms with E-state index in [1.807, 2.05) is 11.4 Å². The number of aromatic nitrogens is 1. The normalized spacial score (nSPS) is 15.2. The van der Waals surface area contributed by atoms with Gasteiger partial charge in [-0.05, 0) is 43.2 Å². The molecule has 1 unspecified atom stereocenters. The van der Waals surface area contributed by atoms with Gasteiger partial charge in [0.05, 0.1) is 4.88 Å². The van der Waals surface area contributed by atoms with E-state index in [1.165, 1.54) is 17.4 Å². The molecule has 0 bridgehead atoms. The van der Waals surface area contributed by atoms with E-state index < -0.39 is 0 Å². The molecule has 120 valence electrons. The summed E-state index contributed by atoms with van der Waals surface area (Å²) in [6, 6.07) is 6.36. The van der Waals surface area contributed by atoms with Gasteiger partial charge in [0.25, 0.3) is 5.91 Å². The second kappa shape index (κ2) is 6.50. The molecular formula is C17H18N2O3S. The van der Waals surface area contributed by atoms with Crippen molar-refractivity contribution in [3.63, 3.8) is 0 Å². The number of ketones is 1. The van der Waals surface area contributed by atoms with Crippen molar-refractivity contribution < 1.29 is 9.59 Å². The maximum absolute atomic E-state index is 12.3. The van der Waals surface area contributed by atoms with Crippen molar-refractivity contribution >= 4 is 23.0 Å². The Morgan fingerprint density at radius 2 is 2.17 bits per heavy atom. The van der Waals surface area contributed by atoms with E-state index in [0.29, 0.717) is 16.4 Å². The Morgan fingerprint density at radius 1 is 1.39 bits per heavy atom. The molecule has 2 aromatic heterocycles. The van der Waals surface area contributed by atoms with Gasteiger partial charge < -0.3 is 10.3 Å². The topological polar surface area (TPSA) is 79.0 Å². The summed E-state index contributed by atoms with van der Waals surface area (Å²) < 4.78 is 0. The monoisotopic (exact) mass is 330 g/mol. The van der Waals surface area contributed by atoms with E-state index >= 15 is 0 Å². The third kappa shape index (κ3) is 3.96. The lowest BCUT2D eigenvalue weighted by Crippen LogP contribution is -2.34. The molecule has 0 saturated heterocycles. The molecule has 0 aliphatic heterocycles. The van der Waals surface area contributed by atoms with E-state index in [-0.39, 0.29) is 29.7 Å². The minimum absolute atomic E-state index is 0.0115. The maximum atomic E-state index is 12.3. The van der Waals surface area contributed by atoms with Crippen molar-refractivity contribution in [1.29, 1.82) is 0 Å². The fraction of sp³-hybridized carbons (Fsp3) is 0.353. The Balaban J connectivity index is 1.64. The van der Waals surface area contributed by atoms with Crippen LogP contribution in [0.3, 0.4) is 0 Å². The van der Waals surface area contributed by atoms with Gasteiger partial charge >= 0.3 is 0 Å². The summed E-state index contributed by atoms with van der Waals surface area (Å²) in [5, 5.41) is 4.65. The van der Waals surface area contributed by atoms with Crippen LogP contribution in [-0.2, 0) is 0 Å². The summed E-state index contributed by atoms with van der Waals surface area (Å²) in [5.74, 6) is 0.0649. The van der Waals surface area contributed by atoms with Gasteiger partial charge in [-0.1, -0.05) is 6.07 Å². The summed E-state index contributed by atoms with van der Waals surface area (Å²) in [6.45, 7) is 1.79. The van der Waals surface area contributed by atoms with E-state index in [4.69, 9.17) is 0 Å². The smallest absolute Gasteiger partial charge is 0.251 e. The molecule has 2 aromatic rings. The standard InChI is InChI=1S/C17H18N2O3S/c1-10(7-14(20)15-3-2-6-23-15)18-17(22)12-8-13(11-4-5-11)19-16(21)9-12/h2-3,6,8-11H,4-5,7H2,1H3,(H,18,22)(H,19,21). The lowest BCUT2D eigenvalue weighted by atomic mass is 10.1. The second-order valence-electron chi connectivity index (χ2n) is 5.94. The molecule has 5 nitrogen and oxygen atoms in total. The van der Waals surface area contributed by atoms with Crippen LogP contribution in [0.1, 0.15) is 57.8 Å². The van der Waals surface area contributed by atoms with E-state index in [0.717, 1.165) is 18.5 Å². The fourth-order valence-corrected chi connectivity index (χ4v) is 3.16. The highest BCUT2D eigenvalue weighted by atomic mass is 32.1. The predicted molar refractivity (Wildman–Crippen MR) is 89.2 cm³/mol. The molecule has 1 aliphatic rings. The molecule has 0 radical (unpaired) electrons. The summed E-state index contributed by atoms with van der Waals surface area (Å²) in [7, 11) is 0. The van der Waals surface area contributed by atoms with Crippen molar-refractivity contribution in [2.24, 2.45) is 0 Å².